The van der Waals surface area contributed by atoms with E-state index in [2.05, 4.69) is 6.58 Å². The van der Waals surface area contributed by atoms with Gasteiger partial charge in [0.1, 0.15) is 0 Å². The molecule has 0 heterocycles. The second-order valence-corrected chi connectivity index (χ2v) is 1.66. The van der Waals surface area contributed by atoms with Gasteiger partial charge in [-0.25, -0.2) is 0 Å². The van der Waals surface area contributed by atoms with Gasteiger partial charge in [0.25, 0.3) is 0 Å². The first-order valence-corrected chi connectivity index (χ1v) is 2.74. The predicted molar refractivity (Wildman–Crippen MR) is 45.1 cm³/mol. The molecular weight excluding hydrogens is 120 g/mol. The number of allylic oxidation sites excluding steroid dienone is 1. The minimum absolute atomic E-state index is 0.390. The minimum atomic E-state index is -2.06. The molecule has 1 aromatic carbocycles. The van der Waals surface area contributed by atoms with Crippen LogP contribution in [0.1, 0.15) is 29.3 Å². The molecule has 0 radical (unpaired) electrons. The van der Waals surface area contributed by atoms with Gasteiger partial charge in [-0.05, 0) is 11.5 Å². The Hall–Kier alpha value is -1.04. The lowest BCUT2D eigenvalue weighted by molar-refractivity contribution is 0.971. The first-order chi connectivity index (χ1) is 8.18. The third-order valence-corrected chi connectivity index (χ3v) is 1.01. The van der Waals surface area contributed by atoms with E-state index in [1.165, 1.54) is 0 Å². The maximum Gasteiger partial charge on any atom is 0.0626 e. The Morgan fingerprint density at radius 1 is 1.70 bits per heavy atom. The van der Waals surface area contributed by atoms with Crippen LogP contribution in [0.3, 0.4) is 0 Å². The first kappa shape index (κ1) is 1.97. The quantitative estimate of drug-likeness (QED) is 0.554. The summed E-state index contributed by atoms with van der Waals surface area (Å²) in [5.41, 5.74) is -0.390. The Balaban J connectivity index is 3.75. The fraction of sp³-hybridized carbons (Fsp3) is 0.200. The van der Waals surface area contributed by atoms with Crippen LogP contribution in [-0.4, -0.2) is 0 Å². The van der Waals surface area contributed by atoms with Gasteiger partial charge in [-0.2, -0.15) is 0 Å². The van der Waals surface area contributed by atoms with Gasteiger partial charge in [-0.1, -0.05) is 43.2 Å². The van der Waals surface area contributed by atoms with Crippen LogP contribution in [0.2, 0.25) is 0 Å². The van der Waals surface area contributed by atoms with Crippen LogP contribution < -0.4 is 0 Å². The molecule has 0 bridgehead atoms. The fourth-order valence-electron chi connectivity index (χ4n) is 0.496. The van der Waals surface area contributed by atoms with E-state index in [1.54, 1.807) is 0 Å². The Kier molecular flexibility index (Phi) is 0.634. The monoisotopic (exact) mass is 140 g/mol. The van der Waals surface area contributed by atoms with Gasteiger partial charge in [-0.15, -0.1) is 6.58 Å². The summed E-state index contributed by atoms with van der Waals surface area (Å²) in [4.78, 5) is 0. The highest BCUT2D eigenvalue weighted by atomic mass is 14.0. The zero-order chi connectivity index (χ0) is 14.2. The lowest BCUT2D eigenvalue weighted by Crippen LogP contribution is -1.85. The van der Waals surface area contributed by atoms with Gasteiger partial charge in [0.15, 0.2) is 0 Å². The van der Waals surface area contributed by atoms with Crippen molar-refractivity contribution in [2.75, 3.05) is 0 Å². The molecule has 0 aliphatic carbocycles. The van der Waals surface area contributed by atoms with Crippen LogP contribution in [0.15, 0.2) is 42.9 Å². The molecule has 0 N–H and O–H groups in total. The molecular formula is C10H12. The van der Waals surface area contributed by atoms with Gasteiger partial charge in [0.05, 0.1) is 6.85 Å². The summed E-state index contributed by atoms with van der Waals surface area (Å²) in [6.45, 7) is 1.58. The molecule has 0 amide bonds. The van der Waals surface area contributed by atoms with Crippen molar-refractivity contribution >= 4 is 0 Å². The minimum Gasteiger partial charge on any atom is -0.102 e. The summed E-state index contributed by atoms with van der Waals surface area (Å²) in [6.07, 6.45) is 0.950. The van der Waals surface area contributed by atoms with Gasteiger partial charge in [-0.3, -0.25) is 0 Å². The molecule has 10 heavy (non-hydrogen) atoms. The summed E-state index contributed by atoms with van der Waals surface area (Å²) < 4.78 is 60.4. The number of hydrogen-bond acceptors (Lipinski definition) is 0. The molecule has 0 saturated heterocycles. The topological polar surface area (TPSA) is 0 Å². The van der Waals surface area contributed by atoms with Crippen LogP contribution in [0.4, 0.5) is 0 Å². The lowest BCUT2D eigenvalue weighted by atomic mass is 10.0. The molecule has 0 aliphatic rings. The summed E-state index contributed by atoms with van der Waals surface area (Å²) >= 11 is 0. The second-order valence-electron chi connectivity index (χ2n) is 1.66. The third kappa shape index (κ3) is 1.47. The van der Waals surface area contributed by atoms with E-state index >= 15 is 0 Å². The number of hydrogen-bond donors (Lipinski definition) is 0. The van der Waals surface area contributed by atoms with E-state index in [9.17, 15) is 0 Å². The van der Waals surface area contributed by atoms with E-state index < -0.39 is 48.5 Å². The number of rotatable bonds is 2. The smallest absolute Gasteiger partial charge is 0.0626 e. The SMILES string of the molecule is [2H]c1c([2H])c([2H])c(C([2H])(C=C)C([2H])[2H])c([2H])c1[2H]. The highest BCUT2D eigenvalue weighted by molar-refractivity contribution is 5.21. The molecule has 0 spiro atoms. The lowest BCUT2D eigenvalue weighted by Gasteiger charge is -2.03. The molecule has 1 rings (SSSR count). The van der Waals surface area contributed by atoms with Crippen LogP contribution in [-0.2, 0) is 0 Å². The molecule has 0 saturated carbocycles. The average molecular weight is 140 g/mol. The van der Waals surface area contributed by atoms with E-state index in [1.807, 2.05) is 0 Å². The highest BCUT2D eigenvalue weighted by Crippen LogP contribution is 2.14. The normalized spacial score (nSPS) is 27.3. The Morgan fingerprint density at radius 2 is 2.40 bits per heavy atom. The fourth-order valence-corrected chi connectivity index (χ4v) is 0.496. The van der Waals surface area contributed by atoms with Crippen molar-refractivity contribution < 1.29 is 11.0 Å². The molecule has 0 aliphatic heterocycles. The van der Waals surface area contributed by atoms with Crippen molar-refractivity contribution in [3.05, 3.63) is 48.4 Å². The largest absolute Gasteiger partial charge is 0.102 e. The van der Waals surface area contributed by atoms with Crippen molar-refractivity contribution in [1.29, 1.82) is 0 Å². The van der Waals surface area contributed by atoms with E-state index in [0.717, 1.165) is 6.08 Å². The maximum atomic E-state index is 7.95. The van der Waals surface area contributed by atoms with E-state index in [-0.39, 0.29) is 0 Å². The van der Waals surface area contributed by atoms with Crippen LogP contribution in [0.25, 0.3) is 0 Å². The average Bonchev–Trinajstić information content (AvgIpc) is 2.33. The maximum absolute atomic E-state index is 7.95. The molecule has 0 fully saturated rings. The van der Waals surface area contributed by atoms with E-state index in [4.69, 9.17) is 11.0 Å². The van der Waals surface area contributed by atoms with Gasteiger partial charge < -0.3 is 0 Å². The first-order valence-electron chi connectivity index (χ1n) is 6.89. The van der Waals surface area contributed by atoms with Crippen LogP contribution >= 0.6 is 0 Å². The second kappa shape index (κ2) is 3.21. The molecule has 52 valence electrons. The van der Waals surface area contributed by atoms with Gasteiger partial charge in [0, 0.05) is 4.11 Å². The molecule has 0 heteroatoms. The van der Waals surface area contributed by atoms with Gasteiger partial charge >= 0.3 is 0 Å². The van der Waals surface area contributed by atoms with Crippen molar-refractivity contribution in [3.8, 4) is 0 Å². The zero-order valence-electron chi connectivity index (χ0n) is 13.4. The zero-order valence-corrected chi connectivity index (χ0v) is 5.36. The number of benzene rings is 1. The molecule has 0 aromatic heterocycles. The third-order valence-electron chi connectivity index (χ3n) is 1.01. The molecule has 1 aromatic rings. The van der Waals surface area contributed by atoms with Gasteiger partial charge in [0.2, 0.25) is 0 Å². The Labute approximate surface area is 73.4 Å². The Morgan fingerprint density at radius 3 is 2.90 bits per heavy atom. The van der Waals surface area contributed by atoms with Crippen molar-refractivity contribution in [1.82, 2.24) is 0 Å². The van der Waals surface area contributed by atoms with Crippen molar-refractivity contribution in [2.24, 2.45) is 0 Å². The molecule has 1 atom stereocenters. The summed E-state index contributed by atoms with van der Waals surface area (Å²) in [7, 11) is 0. The highest BCUT2D eigenvalue weighted by Gasteiger charge is 1.96. The predicted octanol–water partition coefficient (Wildman–Crippen LogP) is 2.98. The van der Waals surface area contributed by atoms with Crippen molar-refractivity contribution in [3.63, 3.8) is 0 Å². The summed E-state index contributed by atoms with van der Waals surface area (Å²) in [5, 5.41) is 0. The van der Waals surface area contributed by atoms with E-state index in [0.29, 0.717) is 0 Å². The molecule has 1 unspecified atom stereocenters. The Bertz CT molecular complexity index is 466. The summed E-state index contributed by atoms with van der Waals surface area (Å²) in [6, 6.07) is -2.86. The van der Waals surface area contributed by atoms with Crippen LogP contribution in [0.5, 0.6) is 0 Å². The summed E-state index contributed by atoms with van der Waals surface area (Å²) in [5.74, 6) is -2.06. The standard InChI is InChI=1S/C10H12/c1-3-9(2)10-7-5-4-6-8-10/h3-9H,1H2,2H3/i2D2,4D,5D,6D,7D,8D,9D. The van der Waals surface area contributed by atoms with Crippen LogP contribution in [0, 0.1) is 0 Å². The van der Waals surface area contributed by atoms with Crippen molar-refractivity contribution in [2.45, 2.75) is 12.8 Å². The molecule has 0 nitrogen and oxygen atoms in total.